The van der Waals surface area contributed by atoms with Crippen LogP contribution in [0, 0.1) is 5.92 Å². The standard InChI is InChI=1S/C15H16BrNO3/c16-12-4-2-11(3-5-12)15(6-1-7-15)17-9-10(14(19)20)8-13(17)18/h2-5,10H,1,6-9H2,(H,19,20). The summed E-state index contributed by atoms with van der Waals surface area (Å²) in [5, 5.41) is 9.13. The first-order valence-electron chi connectivity index (χ1n) is 6.82. The molecular weight excluding hydrogens is 322 g/mol. The Hall–Kier alpha value is -1.36. The summed E-state index contributed by atoms with van der Waals surface area (Å²) >= 11 is 3.42. The van der Waals surface area contributed by atoms with E-state index in [1.807, 2.05) is 24.3 Å². The molecule has 1 heterocycles. The molecule has 1 unspecified atom stereocenters. The van der Waals surface area contributed by atoms with E-state index in [1.165, 1.54) is 0 Å². The van der Waals surface area contributed by atoms with Gasteiger partial charge in [0.25, 0.3) is 0 Å². The molecule has 3 rings (SSSR count). The van der Waals surface area contributed by atoms with Crippen LogP contribution in [0.5, 0.6) is 0 Å². The number of amides is 1. The number of benzene rings is 1. The maximum atomic E-state index is 12.2. The zero-order valence-corrected chi connectivity index (χ0v) is 12.6. The lowest BCUT2D eigenvalue weighted by molar-refractivity contribution is -0.141. The third-order valence-corrected chi connectivity index (χ3v) is 5.08. The Morgan fingerprint density at radius 2 is 1.95 bits per heavy atom. The molecule has 1 atom stereocenters. The molecular formula is C15H16BrNO3. The third-order valence-electron chi connectivity index (χ3n) is 4.55. The Morgan fingerprint density at radius 1 is 1.30 bits per heavy atom. The lowest BCUT2D eigenvalue weighted by atomic mass is 9.70. The van der Waals surface area contributed by atoms with Crippen molar-refractivity contribution in [3.8, 4) is 0 Å². The van der Waals surface area contributed by atoms with Crippen LogP contribution >= 0.6 is 15.9 Å². The van der Waals surface area contributed by atoms with Gasteiger partial charge in [-0.1, -0.05) is 28.1 Å². The summed E-state index contributed by atoms with van der Waals surface area (Å²) in [6, 6.07) is 8.02. The molecule has 1 saturated heterocycles. The molecule has 4 nitrogen and oxygen atoms in total. The first-order chi connectivity index (χ1) is 9.53. The van der Waals surface area contributed by atoms with Crippen molar-refractivity contribution in [3.63, 3.8) is 0 Å². The van der Waals surface area contributed by atoms with Crippen molar-refractivity contribution in [2.24, 2.45) is 5.92 Å². The molecule has 2 aliphatic rings. The Labute approximate surface area is 125 Å². The number of carboxylic acids is 1. The molecule has 1 amide bonds. The van der Waals surface area contributed by atoms with Crippen LogP contribution in [-0.2, 0) is 15.1 Å². The molecule has 0 aromatic heterocycles. The fourth-order valence-electron chi connectivity index (χ4n) is 3.27. The van der Waals surface area contributed by atoms with Gasteiger partial charge in [-0.25, -0.2) is 0 Å². The minimum Gasteiger partial charge on any atom is -0.481 e. The highest BCUT2D eigenvalue weighted by atomic mass is 79.9. The fourth-order valence-corrected chi connectivity index (χ4v) is 3.54. The van der Waals surface area contributed by atoms with Crippen LogP contribution in [0.2, 0.25) is 0 Å². The first kappa shape index (κ1) is 13.6. The molecule has 2 fully saturated rings. The smallest absolute Gasteiger partial charge is 0.308 e. The predicted octanol–water partition coefficient (Wildman–Crippen LogP) is 2.76. The van der Waals surface area contributed by atoms with E-state index >= 15 is 0 Å². The van der Waals surface area contributed by atoms with Gasteiger partial charge in [0.05, 0.1) is 11.5 Å². The maximum absolute atomic E-state index is 12.2. The Morgan fingerprint density at radius 3 is 2.40 bits per heavy atom. The van der Waals surface area contributed by atoms with E-state index in [0.717, 1.165) is 29.3 Å². The van der Waals surface area contributed by atoms with Crippen LogP contribution in [0.15, 0.2) is 28.7 Å². The number of carbonyl (C=O) groups is 2. The van der Waals surface area contributed by atoms with Gasteiger partial charge in [0.15, 0.2) is 0 Å². The molecule has 1 aromatic rings. The molecule has 0 spiro atoms. The van der Waals surface area contributed by atoms with E-state index in [-0.39, 0.29) is 17.9 Å². The number of carbonyl (C=O) groups excluding carboxylic acids is 1. The predicted molar refractivity (Wildman–Crippen MR) is 77.1 cm³/mol. The summed E-state index contributed by atoms with van der Waals surface area (Å²) in [5.74, 6) is -1.46. The van der Waals surface area contributed by atoms with Gasteiger partial charge in [-0.05, 0) is 37.0 Å². The van der Waals surface area contributed by atoms with Crippen LogP contribution in [0.3, 0.4) is 0 Å². The fraction of sp³-hybridized carbons (Fsp3) is 0.467. The summed E-state index contributed by atoms with van der Waals surface area (Å²) in [6.45, 7) is 0.338. The summed E-state index contributed by atoms with van der Waals surface area (Å²) in [7, 11) is 0. The number of halogens is 1. The highest BCUT2D eigenvalue weighted by molar-refractivity contribution is 9.10. The molecule has 1 aliphatic heterocycles. The van der Waals surface area contributed by atoms with Gasteiger partial charge in [0.2, 0.25) is 5.91 Å². The van der Waals surface area contributed by atoms with Gasteiger partial charge in [0.1, 0.15) is 0 Å². The monoisotopic (exact) mass is 337 g/mol. The Kier molecular flexibility index (Phi) is 3.32. The summed E-state index contributed by atoms with van der Waals surface area (Å²) in [4.78, 5) is 25.1. The quantitative estimate of drug-likeness (QED) is 0.922. The summed E-state index contributed by atoms with van der Waals surface area (Å²) in [5.41, 5.74) is 0.841. The number of hydrogen-bond acceptors (Lipinski definition) is 2. The Bertz CT molecular complexity index is 551. The average molecular weight is 338 g/mol. The van der Waals surface area contributed by atoms with E-state index in [9.17, 15) is 9.59 Å². The normalized spacial score (nSPS) is 24.6. The van der Waals surface area contributed by atoms with Crippen LogP contribution in [0.25, 0.3) is 0 Å². The van der Waals surface area contributed by atoms with Crippen molar-refractivity contribution >= 4 is 27.8 Å². The van der Waals surface area contributed by atoms with E-state index < -0.39 is 11.9 Å². The van der Waals surface area contributed by atoms with Crippen molar-refractivity contribution < 1.29 is 14.7 Å². The van der Waals surface area contributed by atoms with Gasteiger partial charge in [-0.2, -0.15) is 0 Å². The molecule has 20 heavy (non-hydrogen) atoms. The zero-order valence-electron chi connectivity index (χ0n) is 11.0. The first-order valence-corrected chi connectivity index (χ1v) is 7.61. The topological polar surface area (TPSA) is 57.6 Å². The van der Waals surface area contributed by atoms with Gasteiger partial charge < -0.3 is 10.0 Å². The minimum absolute atomic E-state index is 0.0278. The highest BCUT2D eigenvalue weighted by Crippen LogP contribution is 2.48. The van der Waals surface area contributed by atoms with Crippen LogP contribution in [-0.4, -0.2) is 28.4 Å². The van der Waals surface area contributed by atoms with Crippen LogP contribution in [0.4, 0.5) is 0 Å². The SMILES string of the molecule is O=C(O)C1CC(=O)N(C2(c3ccc(Br)cc3)CCC2)C1. The molecule has 0 bridgehead atoms. The Balaban J connectivity index is 1.91. The maximum Gasteiger partial charge on any atom is 0.308 e. The number of nitrogens with zero attached hydrogens (tertiary/aromatic N) is 1. The molecule has 5 heteroatoms. The largest absolute Gasteiger partial charge is 0.481 e. The van der Waals surface area contributed by atoms with Gasteiger partial charge in [-0.3, -0.25) is 9.59 Å². The van der Waals surface area contributed by atoms with Gasteiger partial charge in [-0.15, -0.1) is 0 Å². The molecule has 1 saturated carbocycles. The van der Waals surface area contributed by atoms with E-state index in [4.69, 9.17) is 5.11 Å². The molecule has 1 N–H and O–H groups in total. The van der Waals surface area contributed by atoms with Crippen molar-refractivity contribution in [2.75, 3.05) is 6.54 Å². The number of likely N-dealkylation sites (tertiary alicyclic amines) is 1. The van der Waals surface area contributed by atoms with E-state index in [0.29, 0.717) is 6.54 Å². The van der Waals surface area contributed by atoms with E-state index in [1.54, 1.807) is 4.90 Å². The number of carboxylic acid groups (broad SMARTS) is 1. The lowest BCUT2D eigenvalue weighted by Gasteiger charge is -2.49. The van der Waals surface area contributed by atoms with E-state index in [2.05, 4.69) is 15.9 Å². The average Bonchev–Trinajstić information content (AvgIpc) is 2.73. The van der Waals surface area contributed by atoms with Gasteiger partial charge >= 0.3 is 5.97 Å². The van der Waals surface area contributed by atoms with Crippen LogP contribution in [0.1, 0.15) is 31.2 Å². The summed E-state index contributed by atoms with van der Waals surface area (Å²) < 4.78 is 1.01. The lowest BCUT2D eigenvalue weighted by Crippen LogP contribution is -2.52. The highest BCUT2D eigenvalue weighted by Gasteiger charge is 2.50. The minimum atomic E-state index is -0.869. The van der Waals surface area contributed by atoms with Crippen molar-refractivity contribution in [1.29, 1.82) is 0 Å². The molecule has 106 valence electrons. The number of aliphatic carboxylic acids is 1. The summed E-state index contributed by atoms with van der Waals surface area (Å²) in [6.07, 6.45) is 3.06. The second-order valence-electron chi connectivity index (χ2n) is 5.64. The molecule has 1 aliphatic carbocycles. The van der Waals surface area contributed by atoms with Crippen molar-refractivity contribution in [3.05, 3.63) is 34.3 Å². The second kappa shape index (κ2) is 4.88. The number of rotatable bonds is 3. The zero-order chi connectivity index (χ0) is 14.3. The van der Waals surface area contributed by atoms with Crippen molar-refractivity contribution in [1.82, 2.24) is 4.90 Å². The van der Waals surface area contributed by atoms with Crippen LogP contribution < -0.4 is 0 Å². The van der Waals surface area contributed by atoms with Crippen molar-refractivity contribution in [2.45, 2.75) is 31.2 Å². The number of hydrogen-bond donors (Lipinski definition) is 1. The van der Waals surface area contributed by atoms with Gasteiger partial charge in [0, 0.05) is 17.4 Å². The molecule has 1 aromatic carbocycles. The molecule has 0 radical (unpaired) electrons. The third kappa shape index (κ3) is 2.04. The second-order valence-corrected chi connectivity index (χ2v) is 6.55.